The van der Waals surface area contributed by atoms with E-state index < -0.39 is 5.97 Å². The highest BCUT2D eigenvalue weighted by atomic mass is 35.5. The number of benzene rings is 1. The van der Waals surface area contributed by atoms with Crippen LogP contribution in [0.3, 0.4) is 0 Å². The Hall–Kier alpha value is -1.79. The molecule has 0 bridgehead atoms. The van der Waals surface area contributed by atoms with Crippen LogP contribution >= 0.6 is 11.6 Å². The fourth-order valence-electron chi connectivity index (χ4n) is 2.69. The van der Waals surface area contributed by atoms with E-state index in [0.29, 0.717) is 36.8 Å². The lowest BCUT2D eigenvalue weighted by Gasteiger charge is -2.34. The van der Waals surface area contributed by atoms with Crippen LogP contribution in [-0.2, 0) is 14.3 Å². The van der Waals surface area contributed by atoms with Crippen molar-refractivity contribution in [2.24, 2.45) is 0 Å². The van der Waals surface area contributed by atoms with Crippen LogP contribution in [-0.4, -0.2) is 54.3 Å². The van der Waals surface area contributed by atoms with Gasteiger partial charge in [-0.05, 0) is 31.9 Å². The first kappa shape index (κ1) is 18.5. The van der Waals surface area contributed by atoms with E-state index in [-0.39, 0.29) is 31.5 Å². The van der Waals surface area contributed by atoms with Gasteiger partial charge in [-0.1, -0.05) is 17.7 Å². The van der Waals surface area contributed by atoms with Gasteiger partial charge in [-0.2, -0.15) is 0 Å². The summed E-state index contributed by atoms with van der Waals surface area (Å²) in [4.78, 5) is 25.0. The van der Waals surface area contributed by atoms with Gasteiger partial charge in [-0.15, -0.1) is 0 Å². The maximum Gasteiger partial charge on any atom is 0.305 e. The number of halogens is 1. The minimum Gasteiger partial charge on any atom is -0.483 e. The summed E-state index contributed by atoms with van der Waals surface area (Å²) in [5.41, 5.74) is 0.773. The Morgan fingerprint density at radius 2 is 2.08 bits per heavy atom. The Labute approximate surface area is 146 Å². The molecule has 1 heterocycles. The smallest absolute Gasteiger partial charge is 0.305 e. The Balaban J connectivity index is 2.00. The molecule has 1 aromatic rings. The average Bonchev–Trinajstić information content (AvgIpc) is 2.57. The lowest BCUT2D eigenvalue weighted by molar-refractivity contribution is -0.141. The van der Waals surface area contributed by atoms with E-state index in [1.807, 2.05) is 6.92 Å². The number of ether oxygens (including phenoxy) is 2. The summed E-state index contributed by atoms with van der Waals surface area (Å²) in [5, 5.41) is 9.48. The Morgan fingerprint density at radius 1 is 1.38 bits per heavy atom. The molecule has 1 aliphatic heterocycles. The van der Waals surface area contributed by atoms with Gasteiger partial charge in [0.25, 0.3) is 5.91 Å². The molecule has 132 valence electrons. The summed E-state index contributed by atoms with van der Waals surface area (Å²) in [6.07, 6.45) is 1.34. The molecule has 24 heavy (non-hydrogen) atoms. The number of aliphatic carboxylic acids is 1. The highest BCUT2D eigenvalue weighted by Crippen LogP contribution is 2.25. The molecular weight excluding hydrogens is 334 g/mol. The number of rotatable bonds is 7. The van der Waals surface area contributed by atoms with Crippen LogP contribution in [0.5, 0.6) is 5.75 Å². The lowest BCUT2D eigenvalue weighted by Crippen LogP contribution is -2.46. The van der Waals surface area contributed by atoms with Crippen molar-refractivity contribution in [3.05, 3.63) is 28.8 Å². The van der Waals surface area contributed by atoms with Crippen molar-refractivity contribution in [3.8, 4) is 5.75 Å². The van der Waals surface area contributed by atoms with E-state index >= 15 is 0 Å². The van der Waals surface area contributed by atoms with Gasteiger partial charge in [0.2, 0.25) is 0 Å². The number of carboxylic acid groups (broad SMARTS) is 1. The van der Waals surface area contributed by atoms with Crippen LogP contribution in [0.1, 0.15) is 24.8 Å². The van der Waals surface area contributed by atoms with Crippen LogP contribution in [0.2, 0.25) is 5.02 Å². The number of carboxylic acids is 1. The third-order valence-corrected chi connectivity index (χ3v) is 4.50. The molecule has 1 aromatic carbocycles. The normalized spacial score (nSPS) is 15.1. The second-order valence-corrected chi connectivity index (χ2v) is 6.13. The fraction of sp³-hybridized carbons (Fsp3) is 0.529. The Kier molecular flexibility index (Phi) is 6.87. The number of amides is 1. The Bertz CT molecular complexity index is 586. The summed E-state index contributed by atoms with van der Waals surface area (Å²) < 4.78 is 10.9. The van der Waals surface area contributed by atoms with E-state index in [1.165, 1.54) is 0 Å². The van der Waals surface area contributed by atoms with Gasteiger partial charge < -0.3 is 19.5 Å². The molecular formula is C17H22ClNO5. The lowest BCUT2D eigenvalue weighted by atomic mass is 10.1. The molecule has 1 N–H and O–H groups in total. The number of hydrogen-bond acceptors (Lipinski definition) is 4. The van der Waals surface area contributed by atoms with E-state index in [0.717, 1.165) is 5.56 Å². The summed E-state index contributed by atoms with van der Waals surface area (Å²) >= 11 is 6.04. The third-order valence-electron chi connectivity index (χ3n) is 4.09. The third kappa shape index (κ3) is 5.11. The molecule has 7 heteroatoms. The Morgan fingerprint density at radius 3 is 2.75 bits per heavy atom. The van der Waals surface area contributed by atoms with E-state index in [9.17, 15) is 9.59 Å². The first-order chi connectivity index (χ1) is 11.5. The summed E-state index contributed by atoms with van der Waals surface area (Å²) in [5.74, 6) is -0.588. The maximum absolute atomic E-state index is 12.6. The van der Waals surface area contributed by atoms with Crippen LogP contribution in [0.15, 0.2) is 18.2 Å². The molecule has 0 atom stereocenters. The van der Waals surface area contributed by atoms with E-state index in [1.54, 1.807) is 23.1 Å². The zero-order valence-corrected chi connectivity index (χ0v) is 14.4. The second kappa shape index (κ2) is 8.89. The number of nitrogens with zero attached hydrogens (tertiary/aromatic N) is 1. The number of hydrogen-bond donors (Lipinski definition) is 1. The first-order valence-corrected chi connectivity index (χ1v) is 8.33. The number of carbonyl (C=O) groups excluding carboxylic acids is 1. The van der Waals surface area contributed by atoms with Gasteiger partial charge in [0, 0.05) is 36.4 Å². The van der Waals surface area contributed by atoms with Crippen molar-refractivity contribution >= 4 is 23.5 Å². The van der Waals surface area contributed by atoms with Crippen molar-refractivity contribution in [3.63, 3.8) is 0 Å². The second-order valence-electron chi connectivity index (χ2n) is 5.73. The molecule has 0 unspecified atom stereocenters. The molecule has 1 fully saturated rings. The molecule has 0 spiro atoms. The summed E-state index contributed by atoms with van der Waals surface area (Å²) in [6, 6.07) is 5.27. The zero-order chi connectivity index (χ0) is 17.5. The van der Waals surface area contributed by atoms with Gasteiger partial charge in [0.15, 0.2) is 6.61 Å². The van der Waals surface area contributed by atoms with Crippen molar-refractivity contribution in [2.75, 3.05) is 26.4 Å². The molecule has 1 aliphatic rings. The molecule has 1 amide bonds. The SMILES string of the molecule is Cc1c(Cl)cccc1OCC(=O)N(CCC(=O)O)C1CCOCC1. The molecule has 0 aliphatic carbocycles. The molecule has 0 radical (unpaired) electrons. The van der Waals surface area contributed by atoms with Gasteiger partial charge in [-0.25, -0.2) is 0 Å². The van der Waals surface area contributed by atoms with Crippen molar-refractivity contribution in [1.82, 2.24) is 4.90 Å². The van der Waals surface area contributed by atoms with Gasteiger partial charge in [-0.3, -0.25) is 9.59 Å². The largest absolute Gasteiger partial charge is 0.483 e. The topological polar surface area (TPSA) is 76.1 Å². The van der Waals surface area contributed by atoms with Gasteiger partial charge in [0.05, 0.1) is 6.42 Å². The van der Waals surface area contributed by atoms with Crippen molar-refractivity contribution in [2.45, 2.75) is 32.2 Å². The minimum atomic E-state index is -0.925. The predicted octanol–water partition coefficient (Wildman–Crippen LogP) is 2.51. The average molecular weight is 356 g/mol. The minimum absolute atomic E-state index is 0.00495. The van der Waals surface area contributed by atoms with Crippen molar-refractivity contribution in [1.29, 1.82) is 0 Å². The highest BCUT2D eigenvalue weighted by Gasteiger charge is 2.26. The van der Waals surface area contributed by atoms with E-state index in [2.05, 4.69) is 0 Å². The monoisotopic (exact) mass is 355 g/mol. The van der Waals surface area contributed by atoms with Crippen LogP contribution in [0.25, 0.3) is 0 Å². The molecule has 0 saturated carbocycles. The van der Waals surface area contributed by atoms with Gasteiger partial charge >= 0.3 is 5.97 Å². The standard InChI is InChI=1S/C17H22ClNO5/c1-12-14(18)3-2-4-15(12)24-11-16(20)19(8-5-17(21)22)13-6-9-23-10-7-13/h2-4,13H,5-11H2,1H3,(H,21,22). The van der Waals surface area contributed by atoms with E-state index in [4.69, 9.17) is 26.2 Å². The highest BCUT2D eigenvalue weighted by molar-refractivity contribution is 6.31. The molecule has 1 saturated heterocycles. The van der Waals surface area contributed by atoms with Gasteiger partial charge in [0.1, 0.15) is 5.75 Å². The van der Waals surface area contributed by atoms with Crippen molar-refractivity contribution < 1.29 is 24.2 Å². The van der Waals surface area contributed by atoms with Crippen LogP contribution in [0, 0.1) is 6.92 Å². The zero-order valence-electron chi connectivity index (χ0n) is 13.7. The molecule has 6 nitrogen and oxygen atoms in total. The van der Waals surface area contributed by atoms with Crippen LogP contribution in [0.4, 0.5) is 0 Å². The maximum atomic E-state index is 12.6. The molecule has 2 rings (SSSR count). The summed E-state index contributed by atoms with van der Waals surface area (Å²) in [7, 11) is 0. The fourth-order valence-corrected chi connectivity index (χ4v) is 2.86. The summed E-state index contributed by atoms with van der Waals surface area (Å²) in [6.45, 7) is 3.02. The van der Waals surface area contributed by atoms with Crippen LogP contribution < -0.4 is 4.74 Å². The molecule has 0 aromatic heterocycles. The predicted molar refractivity (Wildman–Crippen MR) is 89.5 cm³/mol. The number of carbonyl (C=O) groups is 2. The first-order valence-electron chi connectivity index (χ1n) is 7.96. The quantitative estimate of drug-likeness (QED) is 0.813.